The van der Waals surface area contributed by atoms with Gasteiger partial charge in [-0.3, -0.25) is 19.5 Å². The molecule has 1 aliphatic heterocycles. The van der Waals surface area contributed by atoms with E-state index in [9.17, 15) is 9.59 Å². The van der Waals surface area contributed by atoms with Crippen LogP contribution in [0.2, 0.25) is 0 Å². The molecule has 1 aromatic heterocycles. The molecule has 6 nitrogen and oxygen atoms in total. The van der Waals surface area contributed by atoms with Gasteiger partial charge in [-0.2, -0.15) is 0 Å². The number of nitrogens with zero attached hydrogens (tertiary/aromatic N) is 2. The Labute approximate surface area is 186 Å². The number of carbonyl (C=O) groups is 2. The van der Waals surface area contributed by atoms with Crippen molar-refractivity contribution in [1.29, 1.82) is 0 Å². The van der Waals surface area contributed by atoms with Gasteiger partial charge in [0.25, 0.3) is 0 Å². The van der Waals surface area contributed by atoms with Gasteiger partial charge in [0.2, 0.25) is 11.8 Å². The van der Waals surface area contributed by atoms with Crippen LogP contribution in [-0.4, -0.2) is 42.8 Å². The van der Waals surface area contributed by atoms with Crippen molar-refractivity contribution in [3.8, 4) is 0 Å². The maximum absolute atomic E-state index is 12.7. The van der Waals surface area contributed by atoms with E-state index in [1.807, 2.05) is 0 Å². The van der Waals surface area contributed by atoms with Gasteiger partial charge in [0.15, 0.2) is 5.96 Å². The molecule has 1 saturated heterocycles. The summed E-state index contributed by atoms with van der Waals surface area (Å²) in [5, 5.41) is 6.50. The smallest absolute Gasteiger partial charge is 0.233 e. The fourth-order valence-corrected chi connectivity index (χ4v) is 5.47. The second-order valence-corrected chi connectivity index (χ2v) is 8.65. The Morgan fingerprint density at radius 2 is 1.79 bits per heavy atom. The Morgan fingerprint density at radius 3 is 2.36 bits per heavy atom. The SMILES string of the molecule is CCc1ccc(CNC(=NC)NCCN2C(=O)C3C4C=CC(C4)C3C2=O)s1.I. The third-order valence-corrected chi connectivity index (χ3v) is 7.14. The molecule has 0 aromatic carbocycles. The lowest BCUT2D eigenvalue weighted by Crippen LogP contribution is -2.43. The van der Waals surface area contributed by atoms with Crippen LogP contribution in [0.3, 0.4) is 0 Å². The number of likely N-dealkylation sites (tertiary alicyclic amines) is 1. The summed E-state index contributed by atoms with van der Waals surface area (Å²) in [5.41, 5.74) is 0. The van der Waals surface area contributed by atoms with Crippen molar-refractivity contribution in [2.75, 3.05) is 20.1 Å². The number of fused-ring (bicyclic) bond motifs is 5. The molecule has 0 spiro atoms. The van der Waals surface area contributed by atoms with Crippen LogP contribution in [0, 0.1) is 23.7 Å². The topological polar surface area (TPSA) is 73.8 Å². The van der Waals surface area contributed by atoms with Crippen LogP contribution in [-0.2, 0) is 22.6 Å². The van der Waals surface area contributed by atoms with Gasteiger partial charge in [0, 0.05) is 29.9 Å². The molecular weight excluding hydrogens is 487 g/mol. The van der Waals surface area contributed by atoms with E-state index in [0.29, 0.717) is 25.6 Å². The largest absolute Gasteiger partial charge is 0.355 e. The average Bonchev–Trinajstić information content (AvgIpc) is 3.44. The molecule has 2 aliphatic carbocycles. The first-order valence-electron chi connectivity index (χ1n) is 9.68. The van der Waals surface area contributed by atoms with Crippen LogP contribution in [0.15, 0.2) is 29.3 Å². The predicted molar refractivity (Wildman–Crippen MR) is 122 cm³/mol. The summed E-state index contributed by atoms with van der Waals surface area (Å²) in [6, 6.07) is 4.29. The van der Waals surface area contributed by atoms with E-state index in [-0.39, 0.29) is 59.5 Å². The number of halogens is 1. The summed E-state index contributed by atoms with van der Waals surface area (Å²) in [6.45, 7) is 3.76. The second kappa shape index (κ2) is 8.94. The summed E-state index contributed by atoms with van der Waals surface area (Å²) in [6.07, 6.45) is 6.27. The Balaban J connectivity index is 0.00000225. The minimum Gasteiger partial charge on any atom is -0.355 e. The van der Waals surface area contributed by atoms with Crippen molar-refractivity contribution in [2.24, 2.45) is 28.7 Å². The zero-order valence-corrected chi connectivity index (χ0v) is 19.3. The molecule has 2 fully saturated rings. The molecular formula is C20H27IN4O2S. The Bertz CT molecular complexity index is 776. The van der Waals surface area contributed by atoms with Crippen LogP contribution >= 0.6 is 35.3 Å². The third kappa shape index (κ3) is 3.85. The number of rotatable bonds is 6. The lowest BCUT2D eigenvalue weighted by atomic mass is 9.85. The van der Waals surface area contributed by atoms with Gasteiger partial charge in [-0.05, 0) is 36.8 Å². The molecule has 2 N–H and O–H groups in total. The molecule has 1 aromatic rings. The van der Waals surface area contributed by atoms with Crippen LogP contribution < -0.4 is 10.6 Å². The van der Waals surface area contributed by atoms with Crippen LogP contribution in [0.25, 0.3) is 0 Å². The van der Waals surface area contributed by atoms with Crippen molar-refractivity contribution in [3.63, 3.8) is 0 Å². The molecule has 4 unspecified atom stereocenters. The van der Waals surface area contributed by atoms with E-state index < -0.39 is 0 Å². The van der Waals surface area contributed by atoms with E-state index in [2.05, 4.69) is 46.8 Å². The van der Waals surface area contributed by atoms with E-state index in [1.165, 1.54) is 14.7 Å². The molecule has 4 atom stereocenters. The number of hydrogen-bond acceptors (Lipinski definition) is 4. The molecule has 1 saturated carbocycles. The first kappa shape index (κ1) is 21.3. The molecule has 2 amide bonds. The number of aryl methyl sites for hydroxylation is 1. The average molecular weight is 514 g/mol. The first-order valence-corrected chi connectivity index (χ1v) is 10.5. The number of nitrogens with one attached hydrogen (secondary N) is 2. The van der Waals surface area contributed by atoms with E-state index in [1.54, 1.807) is 18.4 Å². The Kier molecular flexibility index (Phi) is 6.80. The highest BCUT2D eigenvalue weighted by molar-refractivity contribution is 14.0. The summed E-state index contributed by atoms with van der Waals surface area (Å²) in [5.74, 6) is 1.01. The van der Waals surface area contributed by atoms with E-state index in [4.69, 9.17) is 0 Å². The fraction of sp³-hybridized carbons (Fsp3) is 0.550. The van der Waals surface area contributed by atoms with Gasteiger partial charge in [-0.25, -0.2) is 0 Å². The van der Waals surface area contributed by atoms with Crippen LogP contribution in [0.1, 0.15) is 23.1 Å². The standard InChI is InChI=1S/C20H26N4O2S.HI/c1-3-14-6-7-15(27-14)11-23-20(21-2)22-8-9-24-18(25)16-12-4-5-13(10-12)17(16)19(24)26;/h4-7,12-13,16-17H,3,8-11H2,1-2H3,(H2,21,22,23);1H. The van der Waals surface area contributed by atoms with Crippen molar-refractivity contribution < 1.29 is 9.59 Å². The number of hydrogen-bond donors (Lipinski definition) is 2. The molecule has 2 bridgehead atoms. The van der Waals surface area contributed by atoms with Gasteiger partial charge < -0.3 is 10.6 Å². The van der Waals surface area contributed by atoms with Crippen molar-refractivity contribution in [3.05, 3.63) is 34.0 Å². The number of carbonyl (C=O) groups excluding carboxylic acids is 2. The fourth-order valence-electron chi connectivity index (χ4n) is 4.57. The van der Waals surface area contributed by atoms with Gasteiger partial charge in [0.05, 0.1) is 18.4 Å². The number of imide groups is 1. The molecule has 28 heavy (non-hydrogen) atoms. The lowest BCUT2D eigenvalue weighted by molar-refractivity contribution is -0.140. The van der Waals surface area contributed by atoms with Crippen molar-refractivity contribution in [1.82, 2.24) is 15.5 Å². The number of guanidine groups is 1. The van der Waals surface area contributed by atoms with Crippen LogP contribution in [0.4, 0.5) is 0 Å². The molecule has 0 radical (unpaired) electrons. The lowest BCUT2D eigenvalue weighted by Gasteiger charge is -2.18. The van der Waals surface area contributed by atoms with Gasteiger partial charge in [-0.15, -0.1) is 35.3 Å². The molecule has 2 heterocycles. The minimum atomic E-state index is -0.114. The minimum absolute atomic E-state index is 0. The van der Waals surface area contributed by atoms with Gasteiger partial charge in [0.1, 0.15) is 0 Å². The van der Waals surface area contributed by atoms with Crippen molar-refractivity contribution in [2.45, 2.75) is 26.3 Å². The molecule has 8 heteroatoms. The maximum atomic E-state index is 12.7. The second-order valence-electron chi connectivity index (χ2n) is 7.40. The highest BCUT2D eigenvalue weighted by Gasteiger charge is 2.58. The number of amides is 2. The predicted octanol–water partition coefficient (Wildman–Crippen LogP) is 2.40. The normalized spacial score (nSPS) is 27.9. The van der Waals surface area contributed by atoms with E-state index >= 15 is 0 Å². The number of thiophene rings is 1. The molecule has 3 aliphatic rings. The highest BCUT2D eigenvalue weighted by atomic mass is 127. The van der Waals surface area contributed by atoms with E-state index in [0.717, 1.165) is 12.8 Å². The summed E-state index contributed by atoms with van der Waals surface area (Å²) in [7, 11) is 1.72. The number of aliphatic imine (C=N–C) groups is 1. The quantitative estimate of drug-likeness (QED) is 0.201. The number of allylic oxidation sites excluding steroid dienone is 2. The summed E-state index contributed by atoms with van der Waals surface area (Å²) in [4.78, 5) is 33.7. The third-order valence-electron chi connectivity index (χ3n) is 5.91. The maximum Gasteiger partial charge on any atom is 0.233 e. The summed E-state index contributed by atoms with van der Waals surface area (Å²) < 4.78 is 0. The molecule has 152 valence electrons. The van der Waals surface area contributed by atoms with Gasteiger partial charge >= 0.3 is 0 Å². The first-order chi connectivity index (χ1) is 13.1. The van der Waals surface area contributed by atoms with Gasteiger partial charge in [-0.1, -0.05) is 19.1 Å². The Hall–Kier alpha value is -1.42. The monoisotopic (exact) mass is 514 g/mol. The zero-order valence-electron chi connectivity index (χ0n) is 16.2. The summed E-state index contributed by atoms with van der Waals surface area (Å²) >= 11 is 1.80. The molecule has 4 rings (SSSR count). The Morgan fingerprint density at radius 1 is 1.14 bits per heavy atom. The highest BCUT2D eigenvalue weighted by Crippen LogP contribution is 2.52. The van der Waals surface area contributed by atoms with Crippen LogP contribution in [0.5, 0.6) is 0 Å². The van der Waals surface area contributed by atoms with Crippen molar-refractivity contribution >= 4 is 53.1 Å². The zero-order chi connectivity index (χ0) is 19.0.